The number of hydrogen-bond acceptors (Lipinski definition) is 6. The van der Waals surface area contributed by atoms with Crippen LogP contribution in [0.15, 0.2) is 47.4 Å². The fourth-order valence-corrected chi connectivity index (χ4v) is 5.02. The van der Waals surface area contributed by atoms with Crippen molar-refractivity contribution in [2.24, 2.45) is 0 Å². The Hall–Kier alpha value is -2.45. The Morgan fingerprint density at radius 1 is 0.675 bits per heavy atom. The summed E-state index contributed by atoms with van der Waals surface area (Å²) in [5, 5.41) is 0. The zero-order valence-electron chi connectivity index (χ0n) is 24.6. The van der Waals surface area contributed by atoms with Crippen molar-refractivity contribution in [3.05, 3.63) is 53.6 Å². The van der Waals surface area contributed by atoms with Gasteiger partial charge in [0.25, 0.3) is 10.1 Å². The summed E-state index contributed by atoms with van der Waals surface area (Å²) in [4.78, 5) is 24.9. The maximum absolute atomic E-state index is 12.8. The van der Waals surface area contributed by atoms with Crippen LogP contribution in [0.25, 0.3) is 0 Å². The van der Waals surface area contributed by atoms with Gasteiger partial charge in [-0.2, -0.15) is 8.42 Å². The molecule has 1 aromatic carbocycles. The molecule has 1 rings (SSSR count). The molecule has 8 heteroatoms. The van der Waals surface area contributed by atoms with Crippen LogP contribution in [0.3, 0.4) is 0 Å². The third kappa shape index (κ3) is 16.0. The predicted octanol–water partition coefficient (Wildman–Crippen LogP) is 8.64. The van der Waals surface area contributed by atoms with E-state index in [4.69, 9.17) is 9.47 Å². The van der Waals surface area contributed by atoms with Crippen LogP contribution in [0.1, 0.15) is 137 Å². The van der Waals surface area contributed by atoms with E-state index in [0.717, 1.165) is 83.1 Å². The lowest BCUT2D eigenvalue weighted by atomic mass is 10.1. The van der Waals surface area contributed by atoms with E-state index >= 15 is 0 Å². The van der Waals surface area contributed by atoms with Crippen LogP contribution in [0, 0.1) is 0 Å². The van der Waals surface area contributed by atoms with Crippen LogP contribution in [0.5, 0.6) is 0 Å². The summed E-state index contributed by atoms with van der Waals surface area (Å²) in [6.45, 7) is 4.51. The zero-order valence-corrected chi connectivity index (χ0v) is 25.4. The van der Waals surface area contributed by atoms with Crippen molar-refractivity contribution in [2.75, 3.05) is 13.2 Å². The molecule has 0 aliphatic heterocycles. The third-order valence-electron chi connectivity index (χ3n) is 6.53. The first-order valence-corrected chi connectivity index (χ1v) is 16.5. The van der Waals surface area contributed by atoms with Crippen molar-refractivity contribution < 1.29 is 32.0 Å². The van der Waals surface area contributed by atoms with Crippen LogP contribution < -0.4 is 0 Å². The monoisotopic (exact) mass is 578 g/mol. The van der Waals surface area contributed by atoms with Gasteiger partial charge in [0.15, 0.2) is 0 Å². The van der Waals surface area contributed by atoms with Crippen LogP contribution in [0.2, 0.25) is 0 Å². The third-order valence-corrected chi connectivity index (χ3v) is 7.43. The number of carbonyl (C=O) groups is 2. The molecular weight excluding hydrogens is 528 g/mol. The lowest BCUT2D eigenvalue weighted by molar-refractivity contribution is 0.0446. The van der Waals surface area contributed by atoms with E-state index < -0.39 is 32.5 Å². The zero-order chi connectivity index (χ0) is 29.5. The highest BCUT2D eigenvalue weighted by molar-refractivity contribution is 7.86. The molecule has 7 nitrogen and oxygen atoms in total. The molecule has 0 fully saturated rings. The van der Waals surface area contributed by atoms with E-state index in [1.54, 1.807) is 0 Å². The highest BCUT2D eigenvalue weighted by Gasteiger charge is 2.28. The molecule has 0 bridgehead atoms. The summed E-state index contributed by atoms with van der Waals surface area (Å²) in [6.07, 6.45) is 25.2. The highest BCUT2D eigenvalue weighted by atomic mass is 32.2. The minimum atomic E-state index is -4.75. The number of rotatable bonds is 23. The smallest absolute Gasteiger partial charge is 0.340 e. The number of ether oxygens (including phenoxy) is 2. The van der Waals surface area contributed by atoms with Crippen molar-refractivity contribution in [2.45, 2.75) is 121 Å². The van der Waals surface area contributed by atoms with Gasteiger partial charge in [-0.25, -0.2) is 9.59 Å². The topological polar surface area (TPSA) is 107 Å². The van der Waals surface area contributed by atoms with Gasteiger partial charge < -0.3 is 9.47 Å². The van der Waals surface area contributed by atoms with E-state index in [2.05, 4.69) is 38.2 Å². The van der Waals surface area contributed by atoms with Crippen molar-refractivity contribution in [3.8, 4) is 0 Å². The lowest BCUT2D eigenvalue weighted by Gasteiger charge is -2.13. The minimum Gasteiger partial charge on any atom is -0.462 e. The van der Waals surface area contributed by atoms with E-state index in [-0.39, 0.29) is 18.8 Å². The van der Waals surface area contributed by atoms with Crippen molar-refractivity contribution in [1.82, 2.24) is 0 Å². The summed E-state index contributed by atoms with van der Waals surface area (Å²) in [5.74, 6) is -1.77. The van der Waals surface area contributed by atoms with Crippen LogP contribution in [0.4, 0.5) is 0 Å². The second kappa shape index (κ2) is 22.3. The average Bonchev–Trinajstić information content (AvgIpc) is 2.93. The first-order valence-electron chi connectivity index (χ1n) is 15.1. The van der Waals surface area contributed by atoms with Crippen LogP contribution in [-0.4, -0.2) is 38.1 Å². The van der Waals surface area contributed by atoms with Crippen molar-refractivity contribution >= 4 is 22.1 Å². The molecule has 0 amide bonds. The normalized spacial score (nSPS) is 11.9. The molecular formula is C32H50O7S. The van der Waals surface area contributed by atoms with Gasteiger partial charge in [0, 0.05) is 0 Å². The van der Waals surface area contributed by atoms with Gasteiger partial charge in [0.05, 0.1) is 24.3 Å². The summed E-state index contributed by atoms with van der Waals surface area (Å²) in [5.41, 5.74) is -0.704. The number of esters is 2. The highest BCUT2D eigenvalue weighted by Crippen LogP contribution is 2.22. The predicted molar refractivity (Wildman–Crippen MR) is 160 cm³/mol. The molecule has 0 aromatic heterocycles. The second-order valence-corrected chi connectivity index (χ2v) is 11.4. The molecule has 0 saturated carbocycles. The number of hydrogen-bond donors (Lipinski definition) is 1. The maximum Gasteiger partial charge on any atom is 0.340 e. The Bertz CT molecular complexity index is 1010. The van der Waals surface area contributed by atoms with Gasteiger partial charge in [0.2, 0.25) is 0 Å². The van der Waals surface area contributed by atoms with Gasteiger partial charge in [0.1, 0.15) is 4.90 Å². The van der Waals surface area contributed by atoms with Crippen LogP contribution in [-0.2, 0) is 19.6 Å². The fourth-order valence-electron chi connectivity index (χ4n) is 4.32. The molecule has 0 atom stereocenters. The molecule has 40 heavy (non-hydrogen) atoms. The Morgan fingerprint density at radius 2 is 1.12 bits per heavy atom. The second-order valence-electron chi connectivity index (χ2n) is 10.0. The fraction of sp³-hybridized carbons (Fsp3) is 0.625. The number of allylic oxidation sites excluding steroid dienone is 4. The lowest BCUT2D eigenvalue weighted by Crippen LogP contribution is -2.19. The largest absolute Gasteiger partial charge is 0.462 e. The molecule has 0 unspecified atom stereocenters. The quantitative estimate of drug-likeness (QED) is 0.0599. The standard InChI is InChI=1S/C32H50O7S/c1-3-5-7-9-11-13-15-17-19-21-26-38-31(33)28-24-23-25-29(40(35,36)37)30(28)32(34)39-27-22-20-18-16-14-12-10-8-6-4-2/h5-8,23-25H,3-4,9-22,26-27H2,1-2H3,(H,35,36,37)/b7-5+,8-6+. The summed E-state index contributed by atoms with van der Waals surface area (Å²) < 4.78 is 44.2. The van der Waals surface area contributed by atoms with Crippen molar-refractivity contribution in [3.63, 3.8) is 0 Å². The van der Waals surface area contributed by atoms with Gasteiger partial charge in [-0.05, 0) is 63.5 Å². The van der Waals surface area contributed by atoms with E-state index in [1.807, 2.05) is 0 Å². The van der Waals surface area contributed by atoms with E-state index in [1.165, 1.54) is 25.0 Å². The average molecular weight is 579 g/mol. The Morgan fingerprint density at radius 3 is 1.60 bits per heavy atom. The molecule has 226 valence electrons. The molecule has 0 aliphatic rings. The Balaban J connectivity index is 2.51. The Labute approximate surface area is 242 Å². The first kappa shape index (κ1) is 35.6. The van der Waals surface area contributed by atoms with Crippen molar-refractivity contribution in [1.29, 1.82) is 0 Å². The molecule has 1 aromatic rings. The Kier molecular flexibility index (Phi) is 19.8. The number of benzene rings is 1. The summed E-state index contributed by atoms with van der Waals surface area (Å²) in [7, 11) is -4.75. The SMILES string of the molecule is CC/C=C/CCCCCCCCOC(=O)c1cccc(S(=O)(=O)O)c1C(=O)OCCCCCCCC/C=C/CC. The van der Waals surface area contributed by atoms with E-state index in [0.29, 0.717) is 12.8 Å². The first-order chi connectivity index (χ1) is 19.3. The number of unbranched alkanes of at least 4 members (excludes halogenated alkanes) is 12. The summed E-state index contributed by atoms with van der Waals surface area (Å²) in [6, 6.07) is 3.69. The van der Waals surface area contributed by atoms with Gasteiger partial charge in [-0.15, -0.1) is 0 Å². The number of carbonyl (C=O) groups excluding carboxylic acids is 2. The minimum absolute atomic E-state index is 0.0985. The molecule has 0 aliphatic carbocycles. The van der Waals surface area contributed by atoms with Gasteiger partial charge >= 0.3 is 11.9 Å². The molecule has 0 radical (unpaired) electrons. The molecule has 0 spiro atoms. The summed E-state index contributed by atoms with van der Waals surface area (Å²) >= 11 is 0. The maximum atomic E-state index is 12.8. The van der Waals surface area contributed by atoms with Gasteiger partial charge in [-0.3, -0.25) is 4.55 Å². The van der Waals surface area contributed by atoms with E-state index in [9.17, 15) is 22.6 Å². The molecule has 0 saturated heterocycles. The molecule has 1 N–H and O–H groups in total. The molecule has 0 heterocycles. The van der Waals surface area contributed by atoms with Gasteiger partial charge in [-0.1, -0.05) is 95.6 Å². The van der Waals surface area contributed by atoms with Crippen LogP contribution >= 0.6 is 0 Å².